The van der Waals surface area contributed by atoms with Gasteiger partial charge in [0.15, 0.2) is 0 Å². The van der Waals surface area contributed by atoms with Gasteiger partial charge in [0.1, 0.15) is 0 Å². The van der Waals surface area contributed by atoms with E-state index in [0.717, 1.165) is 20.9 Å². The van der Waals surface area contributed by atoms with Crippen molar-refractivity contribution in [2.24, 2.45) is 0 Å². The van der Waals surface area contributed by atoms with Crippen LogP contribution in [0.5, 0.6) is 0 Å². The van der Waals surface area contributed by atoms with Crippen LogP contribution >= 0.6 is 11.3 Å². The maximum Gasteiger partial charge on any atom is 0.0908 e. The minimum absolute atomic E-state index is 0.672. The van der Waals surface area contributed by atoms with Crippen LogP contribution in [0.25, 0.3) is 10.2 Å². The third-order valence-corrected chi connectivity index (χ3v) is 2.68. The smallest absolute Gasteiger partial charge is 0.0908 e. The highest BCUT2D eigenvalue weighted by molar-refractivity contribution is 7.19. The molecular formula is C8H9N3S. The van der Waals surface area contributed by atoms with Crippen molar-refractivity contribution in [3.63, 3.8) is 0 Å². The van der Waals surface area contributed by atoms with Crippen molar-refractivity contribution in [3.05, 3.63) is 17.1 Å². The van der Waals surface area contributed by atoms with Crippen LogP contribution in [-0.4, -0.2) is 4.98 Å². The number of thiazole rings is 1. The van der Waals surface area contributed by atoms with Crippen LogP contribution in [0, 0.1) is 6.92 Å². The largest absolute Gasteiger partial charge is 0.399 e. The lowest BCUT2D eigenvalue weighted by molar-refractivity contribution is 1.35. The minimum Gasteiger partial charge on any atom is -0.399 e. The molecule has 0 aliphatic heterocycles. The Hall–Kier alpha value is -1.29. The molecule has 0 atom stereocenters. The van der Waals surface area contributed by atoms with E-state index in [-0.39, 0.29) is 0 Å². The Morgan fingerprint density at radius 3 is 2.83 bits per heavy atom. The summed E-state index contributed by atoms with van der Waals surface area (Å²) in [6.45, 7) is 1.96. The lowest BCUT2D eigenvalue weighted by atomic mass is 10.2. The number of benzene rings is 1. The van der Waals surface area contributed by atoms with Crippen LogP contribution in [0.4, 0.5) is 11.4 Å². The summed E-state index contributed by atoms with van der Waals surface area (Å²) in [4.78, 5) is 4.29. The van der Waals surface area contributed by atoms with Crippen molar-refractivity contribution in [1.82, 2.24) is 4.98 Å². The molecule has 0 unspecified atom stereocenters. The predicted octanol–water partition coefficient (Wildman–Crippen LogP) is 1.77. The zero-order chi connectivity index (χ0) is 8.72. The molecular weight excluding hydrogens is 170 g/mol. The Balaban J connectivity index is 2.88. The molecule has 0 saturated heterocycles. The van der Waals surface area contributed by atoms with E-state index in [2.05, 4.69) is 4.98 Å². The van der Waals surface area contributed by atoms with Gasteiger partial charge >= 0.3 is 0 Å². The normalized spacial score (nSPS) is 10.8. The fourth-order valence-electron chi connectivity index (χ4n) is 1.19. The first kappa shape index (κ1) is 7.36. The number of hydrogen-bond donors (Lipinski definition) is 2. The maximum absolute atomic E-state index is 5.76. The molecule has 2 aromatic rings. The molecule has 0 bridgehead atoms. The molecule has 0 saturated carbocycles. The Labute approximate surface area is 74.0 Å². The first-order valence-corrected chi connectivity index (χ1v) is 4.40. The lowest BCUT2D eigenvalue weighted by Gasteiger charge is -1.96. The van der Waals surface area contributed by atoms with Gasteiger partial charge in [-0.3, -0.25) is 0 Å². The molecule has 1 heterocycles. The summed E-state index contributed by atoms with van der Waals surface area (Å²) in [5, 5.41) is 1.02. The molecule has 4 N–H and O–H groups in total. The van der Waals surface area contributed by atoms with E-state index in [9.17, 15) is 0 Å². The molecule has 0 aliphatic carbocycles. The number of nitrogens with zero attached hydrogens (tertiary/aromatic N) is 1. The third kappa shape index (κ3) is 1.00. The van der Waals surface area contributed by atoms with Crippen molar-refractivity contribution in [2.75, 3.05) is 11.5 Å². The number of rotatable bonds is 0. The second-order valence-electron chi connectivity index (χ2n) is 2.69. The van der Waals surface area contributed by atoms with Crippen LogP contribution in [-0.2, 0) is 0 Å². The van der Waals surface area contributed by atoms with E-state index in [1.165, 1.54) is 0 Å². The summed E-state index contributed by atoms with van der Waals surface area (Å²) >= 11 is 1.60. The minimum atomic E-state index is 0.672. The van der Waals surface area contributed by atoms with Gasteiger partial charge in [-0.15, -0.1) is 11.3 Å². The number of aryl methyl sites for hydroxylation is 1. The molecule has 0 amide bonds. The van der Waals surface area contributed by atoms with E-state index >= 15 is 0 Å². The molecule has 1 aromatic carbocycles. The molecule has 62 valence electrons. The second-order valence-corrected chi connectivity index (χ2v) is 3.89. The second kappa shape index (κ2) is 2.35. The van der Waals surface area contributed by atoms with Gasteiger partial charge in [-0.2, -0.15) is 0 Å². The van der Waals surface area contributed by atoms with Crippen molar-refractivity contribution in [2.45, 2.75) is 6.92 Å². The number of fused-ring (bicyclic) bond motifs is 1. The highest BCUT2D eigenvalue weighted by Crippen LogP contribution is 2.29. The van der Waals surface area contributed by atoms with Crippen LogP contribution in [0.1, 0.15) is 5.01 Å². The van der Waals surface area contributed by atoms with Crippen molar-refractivity contribution < 1.29 is 0 Å². The van der Waals surface area contributed by atoms with Gasteiger partial charge in [-0.05, 0) is 19.1 Å². The zero-order valence-electron chi connectivity index (χ0n) is 6.66. The first-order valence-electron chi connectivity index (χ1n) is 3.59. The quantitative estimate of drug-likeness (QED) is 0.606. The zero-order valence-corrected chi connectivity index (χ0v) is 7.48. The lowest BCUT2D eigenvalue weighted by Crippen LogP contribution is -1.89. The Morgan fingerprint density at radius 2 is 2.08 bits per heavy atom. The Bertz CT molecular complexity index is 433. The molecule has 0 aliphatic rings. The average molecular weight is 179 g/mol. The average Bonchev–Trinajstić information content (AvgIpc) is 2.29. The molecule has 1 aromatic heterocycles. The standard InChI is InChI=1S/C8H9N3S/c1-4-11-7-3-5(9)2-6(10)8(7)12-4/h2-3H,9-10H2,1H3. The Kier molecular flexibility index (Phi) is 1.44. The Morgan fingerprint density at radius 1 is 1.33 bits per heavy atom. The summed E-state index contributed by atoms with van der Waals surface area (Å²) < 4.78 is 1.03. The molecule has 3 nitrogen and oxygen atoms in total. The highest BCUT2D eigenvalue weighted by atomic mass is 32.1. The van der Waals surface area contributed by atoms with Crippen molar-refractivity contribution in [1.29, 1.82) is 0 Å². The molecule has 12 heavy (non-hydrogen) atoms. The van der Waals surface area contributed by atoms with E-state index < -0.39 is 0 Å². The molecule has 0 spiro atoms. The molecule has 4 heteroatoms. The molecule has 2 rings (SSSR count). The summed E-state index contributed by atoms with van der Waals surface area (Å²) in [7, 11) is 0. The van der Waals surface area contributed by atoms with E-state index in [0.29, 0.717) is 5.69 Å². The summed E-state index contributed by atoms with van der Waals surface area (Å²) in [6.07, 6.45) is 0. The fourth-order valence-corrected chi connectivity index (χ4v) is 2.02. The number of nitrogen functional groups attached to an aromatic ring is 2. The van der Waals surface area contributed by atoms with Crippen LogP contribution < -0.4 is 11.5 Å². The van der Waals surface area contributed by atoms with Gasteiger partial charge in [-0.1, -0.05) is 0 Å². The predicted molar refractivity (Wildman–Crippen MR) is 53.2 cm³/mol. The van der Waals surface area contributed by atoms with Crippen LogP contribution in [0.15, 0.2) is 12.1 Å². The van der Waals surface area contributed by atoms with E-state index in [1.54, 1.807) is 17.4 Å². The summed E-state index contributed by atoms with van der Waals surface area (Å²) in [6, 6.07) is 3.61. The molecule has 0 radical (unpaired) electrons. The van der Waals surface area contributed by atoms with Crippen LogP contribution in [0.2, 0.25) is 0 Å². The van der Waals surface area contributed by atoms with Crippen molar-refractivity contribution in [3.8, 4) is 0 Å². The number of hydrogen-bond acceptors (Lipinski definition) is 4. The number of anilines is 2. The monoisotopic (exact) mass is 179 g/mol. The topological polar surface area (TPSA) is 64.9 Å². The van der Waals surface area contributed by atoms with Gasteiger partial charge in [0.05, 0.1) is 20.9 Å². The van der Waals surface area contributed by atoms with Gasteiger partial charge in [0.25, 0.3) is 0 Å². The summed E-state index contributed by atoms with van der Waals surface area (Å²) in [5.41, 5.74) is 13.7. The van der Waals surface area contributed by atoms with Gasteiger partial charge in [-0.25, -0.2) is 4.98 Å². The van der Waals surface area contributed by atoms with Crippen LogP contribution in [0.3, 0.4) is 0 Å². The number of nitrogens with two attached hydrogens (primary N) is 2. The highest BCUT2D eigenvalue weighted by Gasteiger charge is 2.04. The third-order valence-electron chi connectivity index (χ3n) is 1.65. The van der Waals surface area contributed by atoms with E-state index in [4.69, 9.17) is 11.5 Å². The SMILES string of the molecule is Cc1nc2cc(N)cc(N)c2s1. The van der Waals surface area contributed by atoms with Gasteiger partial charge < -0.3 is 11.5 Å². The summed E-state index contributed by atoms with van der Waals surface area (Å²) in [5.74, 6) is 0. The fraction of sp³-hybridized carbons (Fsp3) is 0.125. The number of aromatic nitrogens is 1. The first-order chi connectivity index (χ1) is 5.66. The molecule has 0 fully saturated rings. The van der Waals surface area contributed by atoms with E-state index in [1.807, 2.05) is 13.0 Å². The van der Waals surface area contributed by atoms with Gasteiger partial charge in [0, 0.05) is 5.69 Å². The maximum atomic E-state index is 5.76. The van der Waals surface area contributed by atoms with Crippen molar-refractivity contribution >= 4 is 32.9 Å². The van der Waals surface area contributed by atoms with Gasteiger partial charge in [0.2, 0.25) is 0 Å².